The number of hydrogen-bond acceptors (Lipinski definition) is 3. The van der Waals surface area contributed by atoms with Gasteiger partial charge in [0.25, 0.3) is 5.91 Å². The third kappa shape index (κ3) is 4.89. The molecule has 29 heavy (non-hydrogen) atoms. The fourth-order valence-corrected chi connectivity index (χ4v) is 2.57. The number of carbonyl (C=O) groups excluding carboxylic acids is 2. The first kappa shape index (κ1) is 22.3. The SMILES string of the molecule is CCOC(=O)[C@@](NC(=O)c1c(F)cccc1F)([NH2+]Cc1ccccc1)C(F)(F)F. The van der Waals surface area contributed by atoms with Crippen LogP contribution in [0, 0.1) is 11.6 Å². The lowest BCUT2D eigenvalue weighted by Crippen LogP contribution is -3.06. The maximum Gasteiger partial charge on any atom is 0.478 e. The molecular formula is C19H18F5N2O3+. The number of ether oxygens (including phenoxy) is 1. The summed E-state index contributed by atoms with van der Waals surface area (Å²) in [5, 5.41) is 1.96. The maximum atomic E-state index is 14.0. The number of halogens is 5. The Kier molecular flexibility index (Phi) is 6.91. The van der Waals surface area contributed by atoms with Crippen molar-refractivity contribution >= 4 is 11.9 Å². The molecule has 156 valence electrons. The van der Waals surface area contributed by atoms with E-state index in [2.05, 4.69) is 4.74 Å². The average Bonchev–Trinajstić information content (AvgIpc) is 2.65. The number of nitrogens with two attached hydrogens (primary N) is 1. The number of amides is 1. The van der Waals surface area contributed by atoms with Crippen molar-refractivity contribution in [3.05, 3.63) is 71.3 Å². The molecule has 0 saturated carbocycles. The van der Waals surface area contributed by atoms with Gasteiger partial charge in [0.1, 0.15) is 23.7 Å². The van der Waals surface area contributed by atoms with Gasteiger partial charge in [-0.2, -0.15) is 13.2 Å². The van der Waals surface area contributed by atoms with E-state index in [1.165, 1.54) is 24.4 Å². The molecule has 2 rings (SSSR count). The number of esters is 1. The molecule has 10 heteroatoms. The summed E-state index contributed by atoms with van der Waals surface area (Å²) < 4.78 is 74.2. The van der Waals surface area contributed by atoms with Gasteiger partial charge in [-0.15, -0.1) is 0 Å². The maximum absolute atomic E-state index is 14.0. The summed E-state index contributed by atoms with van der Waals surface area (Å²) in [4.78, 5) is 24.6. The second kappa shape index (κ2) is 8.99. The molecule has 1 atom stereocenters. The molecule has 0 saturated heterocycles. The van der Waals surface area contributed by atoms with Gasteiger partial charge in [0.2, 0.25) is 0 Å². The van der Waals surface area contributed by atoms with Crippen LogP contribution in [0.2, 0.25) is 0 Å². The van der Waals surface area contributed by atoms with Gasteiger partial charge >= 0.3 is 17.8 Å². The van der Waals surface area contributed by atoms with E-state index >= 15 is 0 Å². The third-order valence-corrected chi connectivity index (χ3v) is 4.03. The predicted octanol–water partition coefficient (Wildman–Crippen LogP) is 2.28. The molecule has 0 spiro atoms. The van der Waals surface area contributed by atoms with E-state index < -0.39 is 47.5 Å². The molecule has 0 bridgehead atoms. The van der Waals surface area contributed by atoms with Crippen LogP contribution in [0.4, 0.5) is 22.0 Å². The Labute approximate surface area is 162 Å². The number of quaternary nitrogens is 1. The van der Waals surface area contributed by atoms with Gasteiger partial charge in [0.05, 0.1) is 6.61 Å². The first-order chi connectivity index (χ1) is 13.6. The highest BCUT2D eigenvalue weighted by atomic mass is 19.4. The van der Waals surface area contributed by atoms with Crippen molar-refractivity contribution in [1.29, 1.82) is 0 Å². The Balaban J connectivity index is 2.46. The summed E-state index contributed by atoms with van der Waals surface area (Å²) in [6.07, 6.45) is -5.34. The Morgan fingerprint density at radius 1 is 1.00 bits per heavy atom. The average molecular weight is 417 g/mol. The monoisotopic (exact) mass is 417 g/mol. The smallest absolute Gasteiger partial charge is 0.460 e. The van der Waals surface area contributed by atoms with Gasteiger partial charge in [0.15, 0.2) is 0 Å². The van der Waals surface area contributed by atoms with Crippen LogP contribution in [0.3, 0.4) is 0 Å². The van der Waals surface area contributed by atoms with Crippen LogP contribution in [-0.4, -0.2) is 30.3 Å². The van der Waals surface area contributed by atoms with Gasteiger partial charge < -0.3 is 10.1 Å². The largest absolute Gasteiger partial charge is 0.478 e. The highest BCUT2D eigenvalue weighted by Gasteiger charge is 2.67. The predicted molar refractivity (Wildman–Crippen MR) is 91.3 cm³/mol. The van der Waals surface area contributed by atoms with Gasteiger partial charge in [-0.25, -0.2) is 13.6 Å². The molecule has 0 radical (unpaired) electrons. The van der Waals surface area contributed by atoms with Crippen molar-refractivity contribution in [3.8, 4) is 0 Å². The van der Waals surface area contributed by atoms with Crippen LogP contribution < -0.4 is 10.6 Å². The minimum absolute atomic E-state index is 0.376. The topological polar surface area (TPSA) is 72.0 Å². The van der Waals surface area contributed by atoms with Crippen molar-refractivity contribution in [1.82, 2.24) is 5.32 Å². The zero-order valence-electron chi connectivity index (χ0n) is 15.2. The van der Waals surface area contributed by atoms with E-state index in [1.807, 2.05) is 0 Å². The minimum Gasteiger partial charge on any atom is -0.460 e. The fraction of sp³-hybridized carbons (Fsp3) is 0.263. The number of alkyl halides is 3. The molecule has 0 unspecified atom stereocenters. The molecule has 3 N–H and O–H groups in total. The Hall–Kier alpha value is -3.01. The van der Waals surface area contributed by atoms with Crippen LogP contribution in [-0.2, 0) is 16.1 Å². The molecule has 0 aliphatic rings. The zero-order valence-corrected chi connectivity index (χ0v) is 15.2. The third-order valence-electron chi connectivity index (χ3n) is 4.03. The second-order valence-corrected chi connectivity index (χ2v) is 5.97. The lowest BCUT2D eigenvalue weighted by atomic mass is 10.1. The van der Waals surface area contributed by atoms with Crippen LogP contribution in [0.15, 0.2) is 48.5 Å². The Bertz CT molecular complexity index is 854. The molecule has 0 aromatic heterocycles. The van der Waals surface area contributed by atoms with E-state index in [1.54, 1.807) is 18.2 Å². The molecule has 5 nitrogen and oxygen atoms in total. The standard InChI is InChI=1S/C19H17F5N2O3/c1-2-29-17(28)18(19(22,23)24,25-11-12-7-4-3-5-8-12)26-16(27)15-13(20)9-6-10-14(15)21/h3-10,25H,2,11H2,1H3,(H,26,27)/p+1/t18-/m0/s1. The number of nitrogens with one attached hydrogen (secondary N) is 1. The summed E-state index contributed by atoms with van der Waals surface area (Å²) in [5.41, 5.74) is -4.43. The number of carbonyl (C=O) groups is 2. The van der Waals surface area contributed by atoms with Crippen LogP contribution >= 0.6 is 0 Å². The van der Waals surface area contributed by atoms with Gasteiger partial charge in [-0.05, 0) is 19.1 Å². The lowest BCUT2D eigenvalue weighted by molar-refractivity contribution is -0.757. The van der Waals surface area contributed by atoms with E-state index in [0.717, 1.165) is 6.07 Å². The molecule has 1 amide bonds. The minimum atomic E-state index is -5.34. The quantitative estimate of drug-likeness (QED) is 0.413. The van der Waals surface area contributed by atoms with Gasteiger partial charge in [-0.3, -0.25) is 10.1 Å². The highest BCUT2D eigenvalue weighted by molar-refractivity contribution is 5.98. The van der Waals surface area contributed by atoms with E-state index in [-0.39, 0.29) is 6.54 Å². The van der Waals surface area contributed by atoms with Crippen LogP contribution in [0.5, 0.6) is 0 Å². The molecule has 0 heterocycles. The molecule has 0 fully saturated rings. The highest BCUT2D eigenvalue weighted by Crippen LogP contribution is 2.28. The Morgan fingerprint density at radius 2 is 1.59 bits per heavy atom. The molecular weight excluding hydrogens is 399 g/mol. The van der Waals surface area contributed by atoms with Crippen molar-refractivity contribution < 1.29 is 41.6 Å². The molecule has 0 aliphatic carbocycles. The van der Waals surface area contributed by atoms with E-state index in [4.69, 9.17) is 0 Å². The Morgan fingerprint density at radius 3 is 2.10 bits per heavy atom. The van der Waals surface area contributed by atoms with Crippen molar-refractivity contribution in [2.45, 2.75) is 25.3 Å². The second-order valence-electron chi connectivity index (χ2n) is 5.97. The number of rotatable bonds is 7. The van der Waals surface area contributed by atoms with Crippen molar-refractivity contribution in [2.75, 3.05) is 6.61 Å². The first-order valence-electron chi connectivity index (χ1n) is 8.51. The summed E-state index contributed by atoms with van der Waals surface area (Å²) in [5.74, 6) is -6.29. The zero-order chi connectivity index (χ0) is 21.7. The summed E-state index contributed by atoms with van der Waals surface area (Å²) >= 11 is 0. The van der Waals surface area contributed by atoms with Gasteiger partial charge in [0, 0.05) is 5.56 Å². The summed E-state index contributed by atoms with van der Waals surface area (Å²) in [7, 11) is 0. The molecule has 2 aromatic carbocycles. The number of benzene rings is 2. The summed E-state index contributed by atoms with van der Waals surface area (Å²) in [6.45, 7) is 0.507. The number of hydrogen-bond donors (Lipinski definition) is 2. The molecule has 0 aliphatic heterocycles. The normalized spacial score (nSPS) is 13.4. The fourth-order valence-electron chi connectivity index (χ4n) is 2.57. The van der Waals surface area contributed by atoms with E-state index in [9.17, 15) is 31.5 Å². The lowest BCUT2D eigenvalue weighted by Gasteiger charge is -2.31. The van der Waals surface area contributed by atoms with E-state index in [0.29, 0.717) is 23.0 Å². The molecule has 2 aromatic rings. The van der Waals surface area contributed by atoms with Crippen molar-refractivity contribution in [2.24, 2.45) is 0 Å². The first-order valence-corrected chi connectivity index (χ1v) is 8.51. The van der Waals surface area contributed by atoms with Gasteiger partial charge in [-0.1, -0.05) is 36.4 Å². The van der Waals surface area contributed by atoms with Crippen LogP contribution in [0.1, 0.15) is 22.8 Å². The van der Waals surface area contributed by atoms with Crippen LogP contribution in [0.25, 0.3) is 0 Å². The van der Waals surface area contributed by atoms with Crippen molar-refractivity contribution in [3.63, 3.8) is 0 Å². The summed E-state index contributed by atoms with van der Waals surface area (Å²) in [6, 6.07) is 10.2.